The average molecular weight is 399 g/mol. The quantitative estimate of drug-likeness (QED) is 0.736. The lowest BCUT2D eigenvalue weighted by Gasteiger charge is -2.26. The highest BCUT2D eigenvalue weighted by molar-refractivity contribution is 5.97. The lowest BCUT2D eigenvalue weighted by molar-refractivity contribution is 0.0947. The number of likely N-dealkylation sites (tertiary alicyclic amines) is 1. The predicted octanol–water partition coefficient (Wildman–Crippen LogP) is 3.63. The van der Waals surface area contributed by atoms with Crippen molar-refractivity contribution >= 4 is 5.91 Å². The third-order valence-electron chi connectivity index (χ3n) is 5.28. The van der Waals surface area contributed by atoms with Crippen molar-refractivity contribution in [3.05, 3.63) is 53.1 Å². The van der Waals surface area contributed by atoms with E-state index in [0.29, 0.717) is 29.4 Å². The Morgan fingerprint density at radius 2 is 1.45 bits per heavy atom. The lowest BCUT2D eigenvalue weighted by atomic mass is 10.1. The summed E-state index contributed by atoms with van der Waals surface area (Å²) in [5, 5.41) is 2.95. The van der Waals surface area contributed by atoms with Crippen LogP contribution >= 0.6 is 0 Å². The Bertz CT molecular complexity index is 814. The summed E-state index contributed by atoms with van der Waals surface area (Å²) in [5.74, 6) is 1.22. The second-order valence-electron chi connectivity index (χ2n) is 7.24. The molecule has 6 nitrogen and oxygen atoms in total. The number of nitrogens with zero attached hydrogens (tertiary/aromatic N) is 1. The first-order chi connectivity index (χ1) is 14.1. The van der Waals surface area contributed by atoms with E-state index >= 15 is 0 Å². The fourth-order valence-corrected chi connectivity index (χ4v) is 3.62. The van der Waals surface area contributed by atoms with Gasteiger partial charge in [0.1, 0.15) is 5.75 Å². The maximum Gasteiger partial charge on any atom is 0.255 e. The lowest BCUT2D eigenvalue weighted by Crippen LogP contribution is -2.29. The van der Waals surface area contributed by atoms with E-state index in [9.17, 15) is 4.79 Å². The summed E-state index contributed by atoms with van der Waals surface area (Å²) in [6.45, 7) is 3.81. The molecular formula is C23H30N2O4. The van der Waals surface area contributed by atoms with Crippen LogP contribution in [-0.2, 0) is 13.1 Å². The fraction of sp³-hybridized carbons (Fsp3) is 0.435. The van der Waals surface area contributed by atoms with Crippen LogP contribution in [0.25, 0.3) is 0 Å². The number of carbonyl (C=O) groups excluding carboxylic acids is 1. The Labute approximate surface area is 172 Å². The molecule has 156 valence electrons. The first kappa shape index (κ1) is 21.0. The monoisotopic (exact) mass is 398 g/mol. The molecule has 29 heavy (non-hydrogen) atoms. The second-order valence-corrected chi connectivity index (χ2v) is 7.24. The van der Waals surface area contributed by atoms with Crippen molar-refractivity contribution in [2.24, 2.45) is 0 Å². The molecule has 6 heteroatoms. The zero-order valence-corrected chi connectivity index (χ0v) is 17.5. The fourth-order valence-electron chi connectivity index (χ4n) is 3.62. The molecule has 1 N–H and O–H groups in total. The summed E-state index contributed by atoms with van der Waals surface area (Å²) in [6, 6.07) is 11.7. The van der Waals surface area contributed by atoms with Crippen molar-refractivity contribution in [3.8, 4) is 17.2 Å². The molecule has 1 amide bonds. The molecule has 0 unspecified atom stereocenters. The Hall–Kier alpha value is -2.73. The van der Waals surface area contributed by atoms with Gasteiger partial charge in [0.15, 0.2) is 11.5 Å². The van der Waals surface area contributed by atoms with Crippen molar-refractivity contribution in [1.82, 2.24) is 10.2 Å². The summed E-state index contributed by atoms with van der Waals surface area (Å²) in [7, 11) is 4.61. The van der Waals surface area contributed by atoms with Crippen molar-refractivity contribution in [2.75, 3.05) is 34.4 Å². The molecule has 3 rings (SSSR count). The Morgan fingerprint density at radius 1 is 0.862 bits per heavy atom. The smallest absolute Gasteiger partial charge is 0.255 e. The van der Waals surface area contributed by atoms with Gasteiger partial charge in [-0.15, -0.1) is 0 Å². The molecule has 0 aromatic heterocycles. The van der Waals surface area contributed by atoms with E-state index in [1.165, 1.54) is 52.1 Å². The van der Waals surface area contributed by atoms with Gasteiger partial charge in [-0.3, -0.25) is 9.69 Å². The molecule has 2 aromatic rings. The summed E-state index contributed by atoms with van der Waals surface area (Å²) in [4.78, 5) is 15.2. The second kappa shape index (κ2) is 10.2. The highest BCUT2D eigenvalue weighted by Crippen LogP contribution is 2.34. The normalized spacial score (nSPS) is 14.3. The van der Waals surface area contributed by atoms with E-state index in [1.807, 2.05) is 0 Å². The zero-order valence-electron chi connectivity index (χ0n) is 17.5. The highest BCUT2D eigenvalue weighted by atomic mass is 16.5. The topological polar surface area (TPSA) is 60.0 Å². The van der Waals surface area contributed by atoms with Crippen LogP contribution in [0.2, 0.25) is 0 Å². The minimum Gasteiger partial charge on any atom is -0.496 e. The molecule has 0 aliphatic carbocycles. The van der Waals surface area contributed by atoms with E-state index in [2.05, 4.69) is 34.5 Å². The average Bonchev–Trinajstić information content (AvgIpc) is 2.78. The highest BCUT2D eigenvalue weighted by Gasteiger charge is 2.17. The van der Waals surface area contributed by atoms with E-state index in [1.54, 1.807) is 19.2 Å². The summed E-state index contributed by atoms with van der Waals surface area (Å²) < 4.78 is 15.9. The van der Waals surface area contributed by atoms with Gasteiger partial charge in [-0.05, 0) is 37.1 Å². The minimum atomic E-state index is -0.222. The first-order valence-electron chi connectivity index (χ1n) is 10.0. The maximum atomic E-state index is 12.7. The van der Waals surface area contributed by atoms with Crippen molar-refractivity contribution < 1.29 is 19.0 Å². The van der Waals surface area contributed by atoms with Gasteiger partial charge in [0.25, 0.3) is 5.91 Å². The number of hydrogen-bond acceptors (Lipinski definition) is 5. The number of hydrogen-bond donors (Lipinski definition) is 1. The predicted molar refractivity (Wildman–Crippen MR) is 113 cm³/mol. The number of methoxy groups -OCH3 is 3. The van der Waals surface area contributed by atoms with Crippen LogP contribution < -0.4 is 19.5 Å². The van der Waals surface area contributed by atoms with Gasteiger partial charge in [-0.25, -0.2) is 0 Å². The molecule has 1 heterocycles. The zero-order chi connectivity index (χ0) is 20.6. The molecule has 0 spiro atoms. The summed E-state index contributed by atoms with van der Waals surface area (Å²) >= 11 is 0. The number of nitrogens with one attached hydrogen (secondary N) is 1. The van der Waals surface area contributed by atoms with Gasteiger partial charge in [0.2, 0.25) is 0 Å². The van der Waals surface area contributed by atoms with E-state index in [-0.39, 0.29) is 5.91 Å². The molecule has 0 atom stereocenters. The standard InChI is InChI=1S/C23H30N2O4/c1-27-20-14-22(29-3)21(28-2)13-19(20)23(26)24-15-17-7-9-18(10-8-17)16-25-11-5-4-6-12-25/h7-10,13-14H,4-6,11-12,15-16H2,1-3H3,(H,24,26). The van der Waals surface area contributed by atoms with Crippen molar-refractivity contribution in [2.45, 2.75) is 32.4 Å². The van der Waals surface area contributed by atoms with Crippen LogP contribution in [0.1, 0.15) is 40.7 Å². The first-order valence-corrected chi connectivity index (χ1v) is 10.0. The van der Waals surface area contributed by atoms with Crippen LogP contribution in [0.3, 0.4) is 0 Å². The van der Waals surface area contributed by atoms with Gasteiger partial charge in [-0.2, -0.15) is 0 Å². The third-order valence-corrected chi connectivity index (χ3v) is 5.28. The molecule has 2 aromatic carbocycles. The molecule has 0 bridgehead atoms. The number of benzene rings is 2. The Balaban J connectivity index is 1.61. The number of rotatable bonds is 8. The van der Waals surface area contributed by atoms with Crippen molar-refractivity contribution in [1.29, 1.82) is 0 Å². The molecule has 1 aliphatic heterocycles. The SMILES string of the molecule is COc1cc(OC)c(C(=O)NCc2ccc(CN3CCCCC3)cc2)cc1OC. The largest absolute Gasteiger partial charge is 0.496 e. The van der Waals surface area contributed by atoms with Crippen LogP contribution in [0, 0.1) is 0 Å². The van der Waals surface area contributed by atoms with Crippen LogP contribution in [0.5, 0.6) is 17.2 Å². The van der Waals surface area contributed by atoms with Gasteiger partial charge < -0.3 is 19.5 Å². The summed E-state index contributed by atoms with van der Waals surface area (Å²) in [5.41, 5.74) is 2.77. The summed E-state index contributed by atoms with van der Waals surface area (Å²) in [6.07, 6.45) is 3.94. The molecular weight excluding hydrogens is 368 g/mol. The number of amides is 1. The van der Waals surface area contributed by atoms with Crippen LogP contribution in [-0.4, -0.2) is 45.2 Å². The maximum absolute atomic E-state index is 12.7. The van der Waals surface area contributed by atoms with E-state index < -0.39 is 0 Å². The minimum absolute atomic E-state index is 0.222. The van der Waals surface area contributed by atoms with Crippen LogP contribution in [0.4, 0.5) is 0 Å². The number of piperidine rings is 1. The van der Waals surface area contributed by atoms with Crippen molar-refractivity contribution in [3.63, 3.8) is 0 Å². The Kier molecular flexibility index (Phi) is 7.36. The van der Waals surface area contributed by atoms with E-state index in [4.69, 9.17) is 14.2 Å². The van der Waals surface area contributed by atoms with Gasteiger partial charge in [-0.1, -0.05) is 30.7 Å². The van der Waals surface area contributed by atoms with Gasteiger partial charge in [0.05, 0.1) is 26.9 Å². The van der Waals surface area contributed by atoms with Gasteiger partial charge >= 0.3 is 0 Å². The molecule has 1 aliphatic rings. The molecule has 1 saturated heterocycles. The van der Waals surface area contributed by atoms with E-state index in [0.717, 1.165) is 12.1 Å². The Morgan fingerprint density at radius 3 is 2.07 bits per heavy atom. The third kappa shape index (κ3) is 5.41. The molecule has 1 fully saturated rings. The number of ether oxygens (including phenoxy) is 3. The van der Waals surface area contributed by atoms with Crippen LogP contribution in [0.15, 0.2) is 36.4 Å². The number of carbonyl (C=O) groups is 1. The molecule has 0 saturated carbocycles. The molecule has 0 radical (unpaired) electrons. The van der Waals surface area contributed by atoms with Gasteiger partial charge in [0, 0.05) is 25.2 Å².